The summed E-state index contributed by atoms with van der Waals surface area (Å²) in [6.07, 6.45) is 20.4. The van der Waals surface area contributed by atoms with Crippen molar-refractivity contribution in [1.29, 1.82) is 0 Å². The smallest absolute Gasteiger partial charge is 0.159 e. The van der Waals surface area contributed by atoms with Gasteiger partial charge in [0.25, 0.3) is 0 Å². The van der Waals surface area contributed by atoms with E-state index in [0.29, 0.717) is 11.6 Å². The Morgan fingerprint density at radius 2 is 0.692 bits per heavy atom. The van der Waals surface area contributed by atoms with Crippen molar-refractivity contribution in [2.75, 3.05) is 0 Å². The summed E-state index contributed by atoms with van der Waals surface area (Å²) in [5.74, 6) is 0.888. The highest BCUT2D eigenvalue weighted by atomic mass is 16.1. The first kappa shape index (κ1) is 19.6. The lowest BCUT2D eigenvalue weighted by molar-refractivity contribution is -0.115. The highest BCUT2D eigenvalue weighted by molar-refractivity contribution is 5.99. The lowest BCUT2D eigenvalue weighted by Gasteiger charge is -2.09. The maximum atomic E-state index is 12.2. The van der Waals surface area contributed by atoms with E-state index in [1.54, 1.807) is 0 Å². The number of ketones is 2. The second-order valence-electron chi connectivity index (χ2n) is 8.55. The normalized spacial score (nSPS) is 25.1. The van der Waals surface area contributed by atoms with Crippen molar-refractivity contribution < 1.29 is 9.59 Å². The molecule has 0 heterocycles. The molecule has 0 fully saturated rings. The summed E-state index contributed by atoms with van der Waals surface area (Å²) in [6.45, 7) is 0. The van der Waals surface area contributed by atoms with Crippen LogP contribution in [0.2, 0.25) is 0 Å². The van der Waals surface area contributed by atoms with Crippen molar-refractivity contribution in [1.82, 2.24) is 0 Å². The molecule has 3 aliphatic rings. The molecule has 0 aromatic carbocycles. The Balaban J connectivity index is 1.54. The van der Waals surface area contributed by atoms with Gasteiger partial charge >= 0.3 is 0 Å². The monoisotopic (exact) mass is 356 g/mol. The zero-order chi connectivity index (χ0) is 18.2. The van der Waals surface area contributed by atoms with E-state index in [1.807, 2.05) is 0 Å². The van der Waals surface area contributed by atoms with Crippen molar-refractivity contribution >= 4 is 11.6 Å². The summed E-state index contributed by atoms with van der Waals surface area (Å²) in [6, 6.07) is 0. The summed E-state index contributed by atoms with van der Waals surface area (Å²) < 4.78 is 0. The number of rotatable bonds is 0. The van der Waals surface area contributed by atoms with Gasteiger partial charge in [0, 0.05) is 12.8 Å². The molecular weight excluding hydrogens is 320 g/mol. The zero-order valence-electron chi connectivity index (χ0n) is 16.5. The maximum Gasteiger partial charge on any atom is 0.159 e. The number of allylic oxidation sites excluding steroid dienone is 4. The van der Waals surface area contributed by atoms with Gasteiger partial charge in [0.1, 0.15) is 0 Å². The van der Waals surface area contributed by atoms with Crippen LogP contribution in [-0.2, 0) is 9.59 Å². The molecule has 0 bridgehead atoms. The van der Waals surface area contributed by atoms with Gasteiger partial charge in [-0.1, -0.05) is 49.7 Å². The molecule has 0 aromatic heterocycles. The first-order valence-electron chi connectivity index (χ1n) is 11.2. The highest BCUT2D eigenvalue weighted by Crippen LogP contribution is 2.33. The molecule has 0 saturated heterocycles. The van der Waals surface area contributed by atoms with Crippen molar-refractivity contribution in [2.24, 2.45) is 0 Å². The lowest BCUT2D eigenvalue weighted by Crippen LogP contribution is -1.98. The fourth-order valence-corrected chi connectivity index (χ4v) is 5.05. The van der Waals surface area contributed by atoms with E-state index in [0.717, 1.165) is 51.4 Å². The molecule has 3 rings (SSSR count). The van der Waals surface area contributed by atoms with Gasteiger partial charge in [-0.05, 0) is 75.4 Å². The molecule has 0 saturated carbocycles. The van der Waals surface area contributed by atoms with E-state index in [1.165, 1.54) is 86.5 Å². The molecule has 0 aliphatic heterocycles. The standard InChI is InChI=1S/C24H36O2/c25-23-18-16-20-12-8-4-2-6-10-14-22-19(15-17-24(22)26)11-7-3-1-5-9-13-21(20)23/h1-18H2. The number of carbonyl (C=O) groups is 2. The minimum Gasteiger partial charge on any atom is -0.295 e. The number of carbonyl (C=O) groups excluding carboxylic acids is 2. The number of hydrogen-bond donors (Lipinski definition) is 0. The molecule has 0 atom stereocenters. The van der Waals surface area contributed by atoms with Crippen molar-refractivity contribution in [3.63, 3.8) is 0 Å². The molecule has 0 spiro atoms. The Morgan fingerprint density at radius 1 is 0.346 bits per heavy atom. The molecule has 0 amide bonds. The fourth-order valence-electron chi connectivity index (χ4n) is 5.05. The Kier molecular flexibility index (Phi) is 7.70. The highest BCUT2D eigenvalue weighted by Gasteiger charge is 2.23. The minimum absolute atomic E-state index is 0.444. The van der Waals surface area contributed by atoms with Crippen LogP contribution in [0.3, 0.4) is 0 Å². The Labute approximate surface area is 159 Å². The topological polar surface area (TPSA) is 34.1 Å². The lowest BCUT2D eigenvalue weighted by atomic mass is 9.96. The summed E-state index contributed by atoms with van der Waals surface area (Å²) in [5, 5.41) is 0. The molecule has 2 nitrogen and oxygen atoms in total. The molecule has 0 radical (unpaired) electrons. The molecule has 0 aromatic rings. The molecule has 2 heteroatoms. The summed E-state index contributed by atoms with van der Waals surface area (Å²) >= 11 is 0. The van der Waals surface area contributed by atoms with Crippen LogP contribution >= 0.6 is 0 Å². The molecule has 3 aliphatic carbocycles. The van der Waals surface area contributed by atoms with Gasteiger partial charge in [-0.25, -0.2) is 0 Å². The average Bonchev–Trinajstić information content (AvgIpc) is 3.16. The van der Waals surface area contributed by atoms with Crippen LogP contribution in [0.25, 0.3) is 0 Å². The van der Waals surface area contributed by atoms with Crippen molar-refractivity contribution in [3.8, 4) is 0 Å². The van der Waals surface area contributed by atoms with Gasteiger partial charge in [0.2, 0.25) is 0 Å². The van der Waals surface area contributed by atoms with E-state index in [9.17, 15) is 9.59 Å². The third kappa shape index (κ3) is 5.41. The molecule has 0 N–H and O–H groups in total. The number of Topliss-reactive ketones (excluding diaryl/α,β-unsaturated/α-hetero) is 2. The SMILES string of the molecule is O=C1CCC2=C1CCCCCCCC1=C(CCCCCCC2)C(=O)CC1. The maximum absolute atomic E-state index is 12.2. The molecule has 26 heavy (non-hydrogen) atoms. The summed E-state index contributed by atoms with van der Waals surface area (Å²) in [4.78, 5) is 24.3. The largest absolute Gasteiger partial charge is 0.295 e. The van der Waals surface area contributed by atoms with E-state index in [-0.39, 0.29) is 0 Å². The Hall–Kier alpha value is -1.18. The van der Waals surface area contributed by atoms with Crippen molar-refractivity contribution in [3.05, 3.63) is 22.3 Å². The Morgan fingerprint density at radius 3 is 1.12 bits per heavy atom. The van der Waals surface area contributed by atoms with Crippen LogP contribution in [0.5, 0.6) is 0 Å². The van der Waals surface area contributed by atoms with Gasteiger partial charge < -0.3 is 0 Å². The van der Waals surface area contributed by atoms with Gasteiger partial charge in [-0.15, -0.1) is 0 Å². The van der Waals surface area contributed by atoms with E-state index in [2.05, 4.69) is 0 Å². The van der Waals surface area contributed by atoms with Crippen LogP contribution in [0, 0.1) is 0 Å². The molecular formula is C24H36O2. The number of hydrogen-bond acceptors (Lipinski definition) is 2. The van der Waals surface area contributed by atoms with Gasteiger partial charge in [0.05, 0.1) is 0 Å². The molecule has 0 unspecified atom stereocenters. The van der Waals surface area contributed by atoms with Crippen molar-refractivity contribution in [2.45, 2.75) is 116 Å². The second kappa shape index (κ2) is 10.2. The fraction of sp³-hybridized carbons (Fsp3) is 0.750. The summed E-state index contributed by atoms with van der Waals surface area (Å²) in [7, 11) is 0. The second-order valence-corrected chi connectivity index (χ2v) is 8.55. The molecule has 144 valence electrons. The first-order chi connectivity index (χ1) is 12.8. The van der Waals surface area contributed by atoms with Gasteiger partial charge in [0.15, 0.2) is 11.6 Å². The van der Waals surface area contributed by atoms with Crippen LogP contribution < -0.4 is 0 Å². The van der Waals surface area contributed by atoms with Crippen LogP contribution in [0.15, 0.2) is 22.3 Å². The van der Waals surface area contributed by atoms with E-state index < -0.39 is 0 Å². The average molecular weight is 357 g/mol. The Bertz CT molecular complexity index is 527. The third-order valence-electron chi connectivity index (χ3n) is 6.65. The predicted molar refractivity (Wildman–Crippen MR) is 107 cm³/mol. The zero-order valence-corrected chi connectivity index (χ0v) is 16.5. The first-order valence-corrected chi connectivity index (χ1v) is 11.2. The van der Waals surface area contributed by atoms with E-state index >= 15 is 0 Å². The quantitative estimate of drug-likeness (QED) is 0.479. The third-order valence-corrected chi connectivity index (χ3v) is 6.65. The predicted octanol–water partition coefficient (Wildman–Crippen LogP) is 6.78. The minimum atomic E-state index is 0.444. The van der Waals surface area contributed by atoms with Gasteiger partial charge in [-0.3, -0.25) is 9.59 Å². The van der Waals surface area contributed by atoms with Gasteiger partial charge in [-0.2, -0.15) is 0 Å². The summed E-state index contributed by atoms with van der Waals surface area (Å²) in [5.41, 5.74) is 5.40. The van der Waals surface area contributed by atoms with Crippen LogP contribution in [-0.4, -0.2) is 11.6 Å². The van der Waals surface area contributed by atoms with E-state index in [4.69, 9.17) is 0 Å². The van der Waals surface area contributed by atoms with Crippen LogP contribution in [0.4, 0.5) is 0 Å². The van der Waals surface area contributed by atoms with Crippen LogP contribution in [0.1, 0.15) is 116 Å².